The molecule has 20 heavy (non-hydrogen) atoms. The van der Waals surface area contributed by atoms with Crippen LogP contribution >= 0.6 is 11.3 Å². The number of thiophene rings is 1. The van der Waals surface area contributed by atoms with E-state index in [0.29, 0.717) is 11.3 Å². The van der Waals surface area contributed by atoms with E-state index in [9.17, 15) is 4.79 Å². The van der Waals surface area contributed by atoms with Gasteiger partial charge in [0.15, 0.2) is 0 Å². The van der Waals surface area contributed by atoms with Gasteiger partial charge in [-0.25, -0.2) is 0 Å². The predicted octanol–water partition coefficient (Wildman–Crippen LogP) is 3.38. The number of rotatable bonds is 6. The van der Waals surface area contributed by atoms with Crippen molar-refractivity contribution >= 4 is 28.6 Å². The molecule has 1 amide bonds. The number of hydrogen-bond acceptors (Lipinski definition) is 4. The third-order valence-electron chi connectivity index (χ3n) is 3.17. The Hall–Kier alpha value is -2.01. The van der Waals surface area contributed by atoms with Crippen molar-refractivity contribution in [3.05, 3.63) is 46.2 Å². The van der Waals surface area contributed by atoms with Crippen LogP contribution in [0.1, 0.15) is 41.0 Å². The second-order valence-electron chi connectivity index (χ2n) is 4.63. The van der Waals surface area contributed by atoms with E-state index in [4.69, 9.17) is 11.5 Å². The Morgan fingerprint density at radius 1 is 1.35 bits per heavy atom. The number of hydrogen-bond donors (Lipinski definition) is 3. The summed E-state index contributed by atoms with van der Waals surface area (Å²) in [6, 6.07) is 9.64. The molecule has 0 saturated carbocycles. The molecule has 106 valence electrons. The molecule has 2 rings (SSSR count). The first-order valence-electron chi connectivity index (χ1n) is 6.61. The number of carbonyl (C=O) groups is 1. The maximum atomic E-state index is 11.3. The fourth-order valence-corrected chi connectivity index (χ4v) is 2.97. The summed E-state index contributed by atoms with van der Waals surface area (Å²) in [7, 11) is 0. The van der Waals surface area contributed by atoms with Crippen LogP contribution in [0, 0.1) is 0 Å². The molecule has 2 aromatic rings. The van der Waals surface area contributed by atoms with Gasteiger partial charge in [-0.1, -0.05) is 25.5 Å². The molecule has 1 aromatic carbocycles. The smallest absolute Gasteiger partial charge is 0.250 e. The highest BCUT2D eigenvalue weighted by molar-refractivity contribution is 7.10. The summed E-state index contributed by atoms with van der Waals surface area (Å²) in [5.74, 6) is -0.505. The molecule has 1 atom stereocenters. The number of primary amides is 1. The lowest BCUT2D eigenvalue weighted by Crippen LogP contribution is -2.16. The predicted molar refractivity (Wildman–Crippen MR) is 85.0 cm³/mol. The van der Waals surface area contributed by atoms with Crippen LogP contribution in [0.2, 0.25) is 0 Å². The molecule has 1 aromatic heterocycles. The van der Waals surface area contributed by atoms with E-state index >= 15 is 0 Å². The highest BCUT2D eigenvalue weighted by atomic mass is 32.1. The van der Waals surface area contributed by atoms with Gasteiger partial charge in [0.2, 0.25) is 0 Å². The summed E-state index contributed by atoms with van der Waals surface area (Å²) < 4.78 is 0. The molecule has 0 aliphatic rings. The summed E-state index contributed by atoms with van der Waals surface area (Å²) in [4.78, 5) is 12.6. The molecule has 5 heteroatoms. The van der Waals surface area contributed by atoms with Crippen molar-refractivity contribution in [2.45, 2.75) is 25.8 Å². The van der Waals surface area contributed by atoms with E-state index in [2.05, 4.69) is 23.7 Å². The Kier molecular flexibility index (Phi) is 4.63. The van der Waals surface area contributed by atoms with Crippen molar-refractivity contribution in [1.29, 1.82) is 0 Å². The number of para-hydroxylation sites is 1. The molecular weight excluding hydrogens is 270 g/mol. The molecular formula is C15H19N3OS. The van der Waals surface area contributed by atoms with Crippen LogP contribution in [-0.2, 0) is 0 Å². The standard InChI is InChI=1S/C15H19N3OS/c1-2-5-11(13-8-4-9-20-13)18-12-7-3-6-10(14(12)16)15(17)19/h3-4,6-9,11,18H,2,5,16H2,1H3,(H2,17,19). The summed E-state index contributed by atoms with van der Waals surface area (Å²) in [6.45, 7) is 2.14. The first kappa shape index (κ1) is 14.4. The Morgan fingerprint density at radius 3 is 2.75 bits per heavy atom. The van der Waals surface area contributed by atoms with Crippen molar-refractivity contribution < 1.29 is 4.79 Å². The molecule has 0 aliphatic carbocycles. The normalized spacial score (nSPS) is 12.1. The first-order chi connectivity index (χ1) is 9.63. The topological polar surface area (TPSA) is 81.1 Å². The van der Waals surface area contributed by atoms with Gasteiger partial charge in [-0.15, -0.1) is 11.3 Å². The van der Waals surface area contributed by atoms with E-state index < -0.39 is 5.91 Å². The molecule has 0 spiro atoms. The number of nitrogens with one attached hydrogen (secondary N) is 1. The SMILES string of the molecule is CCCC(Nc1cccc(C(N)=O)c1N)c1cccs1. The van der Waals surface area contributed by atoms with Gasteiger partial charge in [0, 0.05) is 4.88 Å². The molecule has 0 fully saturated rings. The van der Waals surface area contributed by atoms with E-state index in [1.165, 1.54) is 4.88 Å². The van der Waals surface area contributed by atoms with E-state index in [1.807, 2.05) is 12.1 Å². The van der Waals surface area contributed by atoms with Gasteiger partial charge in [0.05, 0.1) is 23.0 Å². The summed E-state index contributed by atoms with van der Waals surface area (Å²) in [5, 5.41) is 5.48. The molecule has 4 nitrogen and oxygen atoms in total. The lowest BCUT2D eigenvalue weighted by molar-refractivity contribution is 0.100. The first-order valence-corrected chi connectivity index (χ1v) is 7.49. The Labute approximate surface area is 122 Å². The zero-order chi connectivity index (χ0) is 14.5. The average Bonchev–Trinajstić information content (AvgIpc) is 2.94. The second-order valence-corrected chi connectivity index (χ2v) is 5.61. The number of amides is 1. The van der Waals surface area contributed by atoms with Crippen LogP contribution in [0.25, 0.3) is 0 Å². The zero-order valence-corrected chi connectivity index (χ0v) is 12.2. The van der Waals surface area contributed by atoms with Crippen LogP contribution in [0.4, 0.5) is 11.4 Å². The largest absolute Gasteiger partial charge is 0.396 e. The minimum Gasteiger partial charge on any atom is -0.396 e. The number of benzene rings is 1. The van der Waals surface area contributed by atoms with Gasteiger partial charge in [0.25, 0.3) is 5.91 Å². The third kappa shape index (κ3) is 3.11. The molecule has 0 saturated heterocycles. The number of anilines is 2. The molecule has 5 N–H and O–H groups in total. The van der Waals surface area contributed by atoms with Crippen LogP contribution in [0.3, 0.4) is 0 Å². The van der Waals surface area contributed by atoms with Crippen molar-refractivity contribution in [1.82, 2.24) is 0 Å². The van der Waals surface area contributed by atoms with Gasteiger partial charge >= 0.3 is 0 Å². The van der Waals surface area contributed by atoms with Crippen molar-refractivity contribution in [3.8, 4) is 0 Å². The lowest BCUT2D eigenvalue weighted by Gasteiger charge is -2.20. The summed E-state index contributed by atoms with van der Waals surface area (Å²) in [6.07, 6.45) is 2.06. The zero-order valence-electron chi connectivity index (χ0n) is 11.4. The lowest BCUT2D eigenvalue weighted by atomic mass is 10.1. The van der Waals surface area contributed by atoms with Gasteiger partial charge in [0.1, 0.15) is 0 Å². The van der Waals surface area contributed by atoms with E-state index in [-0.39, 0.29) is 6.04 Å². The van der Waals surface area contributed by atoms with Crippen LogP contribution < -0.4 is 16.8 Å². The Bertz CT molecular complexity index is 581. The Balaban J connectivity index is 2.27. The van der Waals surface area contributed by atoms with Gasteiger partial charge in [-0.2, -0.15) is 0 Å². The van der Waals surface area contributed by atoms with Crippen molar-refractivity contribution in [2.75, 3.05) is 11.1 Å². The van der Waals surface area contributed by atoms with Gasteiger partial charge in [-0.05, 0) is 30.0 Å². The van der Waals surface area contributed by atoms with Crippen molar-refractivity contribution in [2.24, 2.45) is 5.73 Å². The minimum atomic E-state index is -0.505. The van der Waals surface area contributed by atoms with Crippen LogP contribution in [0.15, 0.2) is 35.7 Å². The molecule has 0 bridgehead atoms. The molecule has 0 aliphatic heterocycles. The summed E-state index contributed by atoms with van der Waals surface area (Å²) in [5.41, 5.74) is 12.9. The fraction of sp³-hybridized carbons (Fsp3) is 0.267. The average molecular weight is 289 g/mol. The third-order valence-corrected chi connectivity index (χ3v) is 4.15. The van der Waals surface area contributed by atoms with Gasteiger partial charge < -0.3 is 16.8 Å². The van der Waals surface area contributed by atoms with Crippen LogP contribution in [-0.4, -0.2) is 5.91 Å². The number of nitrogens with two attached hydrogens (primary N) is 2. The minimum absolute atomic E-state index is 0.199. The maximum absolute atomic E-state index is 11.3. The molecule has 1 unspecified atom stereocenters. The highest BCUT2D eigenvalue weighted by Crippen LogP contribution is 2.31. The highest BCUT2D eigenvalue weighted by Gasteiger charge is 2.15. The molecule has 0 radical (unpaired) electrons. The number of carbonyl (C=O) groups excluding carboxylic acids is 1. The number of nitrogen functional groups attached to an aromatic ring is 1. The Morgan fingerprint density at radius 2 is 2.15 bits per heavy atom. The fourth-order valence-electron chi connectivity index (χ4n) is 2.16. The molecule has 1 heterocycles. The van der Waals surface area contributed by atoms with E-state index in [1.54, 1.807) is 23.5 Å². The van der Waals surface area contributed by atoms with Crippen LogP contribution in [0.5, 0.6) is 0 Å². The van der Waals surface area contributed by atoms with E-state index in [0.717, 1.165) is 18.5 Å². The second kappa shape index (κ2) is 6.43. The van der Waals surface area contributed by atoms with Gasteiger partial charge in [-0.3, -0.25) is 4.79 Å². The summed E-state index contributed by atoms with van der Waals surface area (Å²) >= 11 is 1.71. The quantitative estimate of drug-likeness (QED) is 0.713. The monoisotopic (exact) mass is 289 g/mol. The maximum Gasteiger partial charge on any atom is 0.250 e. The van der Waals surface area contributed by atoms with Crippen molar-refractivity contribution in [3.63, 3.8) is 0 Å².